The van der Waals surface area contributed by atoms with E-state index >= 15 is 0 Å². The Morgan fingerprint density at radius 3 is 2.95 bits per heavy atom. The van der Waals surface area contributed by atoms with E-state index in [0.29, 0.717) is 6.04 Å². The van der Waals surface area contributed by atoms with Crippen LogP contribution < -0.4 is 10.1 Å². The predicted octanol–water partition coefficient (Wildman–Crippen LogP) is 4.24. The van der Waals surface area contributed by atoms with Crippen molar-refractivity contribution in [2.24, 2.45) is 5.92 Å². The Morgan fingerprint density at radius 2 is 2.15 bits per heavy atom. The largest absolute Gasteiger partial charge is 0.494 e. The Hall–Kier alpha value is -1.02. The molecule has 1 unspecified atom stereocenters. The standard InChI is InChI=1S/C18H27NO/c1-2-11-19-18-5-3-4-15-8-9-16(13-17(15)18)20-12-10-14-6-7-14/h8-9,13-14,18-19H,2-7,10-12H2,1H3. The van der Waals surface area contributed by atoms with Crippen molar-refractivity contribution in [3.05, 3.63) is 29.3 Å². The molecule has 110 valence electrons. The molecule has 2 aliphatic rings. The normalized spacial score (nSPS) is 21.6. The third kappa shape index (κ3) is 3.54. The van der Waals surface area contributed by atoms with E-state index in [4.69, 9.17) is 4.74 Å². The van der Waals surface area contributed by atoms with E-state index in [1.54, 1.807) is 0 Å². The first-order valence-electron chi connectivity index (χ1n) is 8.36. The summed E-state index contributed by atoms with van der Waals surface area (Å²) in [5, 5.41) is 3.68. The van der Waals surface area contributed by atoms with Crippen molar-refractivity contribution in [3.8, 4) is 5.75 Å². The molecule has 0 aliphatic heterocycles. The van der Waals surface area contributed by atoms with Gasteiger partial charge in [-0.05, 0) is 67.8 Å². The van der Waals surface area contributed by atoms with Crippen molar-refractivity contribution in [1.82, 2.24) is 5.32 Å². The number of nitrogens with one attached hydrogen (secondary N) is 1. The van der Waals surface area contributed by atoms with Crippen LogP contribution in [-0.2, 0) is 6.42 Å². The summed E-state index contributed by atoms with van der Waals surface area (Å²) in [6, 6.07) is 7.26. The van der Waals surface area contributed by atoms with E-state index in [1.165, 1.54) is 56.1 Å². The second-order valence-corrected chi connectivity index (χ2v) is 6.34. The Bertz CT molecular complexity index is 439. The van der Waals surface area contributed by atoms with Crippen LogP contribution in [-0.4, -0.2) is 13.2 Å². The lowest BCUT2D eigenvalue weighted by molar-refractivity contribution is 0.301. The smallest absolute Gasteiger partial charge is 0.119 e. The minimum absolute atomic E-state index is 0.533. The number of benzene rings is 1. The van der Waals surface area contributed by atoms with Gasteiger partial charge in [0.15, 0.2) is 0 Å². The third-order valence-electron chi connectivity index (χ3n) is 4.56. The van der Waals surface area contributed by atoms with E-state index in [9.17, 15) is 0 Å². The Morgan fingerprint density at radius 1 is 1.25 bits per heavy atom. The minimum atomic E-state index is 0.533. The van der Waals surface area contributed by atoms with Gasteiger partial charge >= 0.3 is 0 Å². The third-order valence-corrected chi connectivity index (χ3v) is 4.56. The van der Waals surface area contributed by atoms with Crippen LogP contribution in [0.1, 0.15) is 62.6 Å². The zero-order valence-electron chi connectivity index (χ0n) is 12.7. The fourth-order valence-corrected chi connectivity index (χ4v) is 3.15. The van der Waals surface area contributed by atoms with Gasteiger partial charge in [0.25, 0.3) is 0 Å². The van der Waals surface area contributed by atoms with Crippen LogP contribution in [0.4, 0.5) is 0 Å². The fraction of sp³-hybridized carbons (Fsp3) is 0.667. The van der Waals surface area contributed by atoms with Crippen molar-refractivity contribution >= 4 is 0 Å². The maximum Gasteiger partial charge on any atom is 0.119 e. The number of ether oxygens (including phenoxy) is 1. The highest BCUT2D eigenvalue weighted by Crippen LogP contribution is 2.34. The summed E-state index contributed by atoms with van der Waals surface area (Å²) in [5.74, 6) is 2.01. The molecule has 20 heavy (non-hydrogen) atoms. The Labute approximate surface area is 122 Å². The maximum absolute atomic E-state index is 5.95. The molecule has 0 amide bonds. The molecule has 0 aromatic heterocycles. The number of hydrogen-bond acceptors (Lipinski definition) is 2. The zero-order chi connectivity index (χ0) is 13.8. The van der Waals surface area contributed by atoms with Crippen molar-refractivity contribution in [2.45, 2.75) is 57.9 Å². The topological polar surface area (TPSA) is 21.3 Å². The molecule has 3 rings (SSSR count). The first kappa shape index (κ1) is 13.9. The van der Waals surface area contributed by atoms with E-state index in [2.05, 4.69) is 30.4 Å². The summed E-state index contributed by atoms with van der Waals surface area (Å²) in [5.41, 5.74) is 2.99. The first-order valence-corrected chi connectivity index (χ1v) is 8.36. The van der Waals surface area contributed by atoms with Gasteiger partial charge < -0.3 is 10.1 Å². The van der Waals surface area contributed by atoms with Crippen molar-refractivity contribution in [1.29, 1.82) is 0 Å². The molecule has 2 nitrogen and oxygen atoms in total. The molecule has 0 bridgehead atoms. The lowest BCUT2D eigenvalue weighted by Crippen LogP contribution is -2.25. The number of fused-ring (bicyclic) bond motifs is 1. The molecule has 0 radical (unpaired) electrons. The van der Waals surface area contributed by atoms with Crippen LogP contribution >= 0.6 is 0 Å². The molecule has 1 saturated carbocycles. The van der Waals surface area contributed by atoms with Gasteiger partial charge in [-0.25, -0.2) is 0 Å². The molecule has 1 aromatic rings. The Balaban J connectivity index is 1.64. The lowest BCUT2D eigenvalue weighted by Gasteiger charge is -2.27. The molecule has 1 aromatic carbocycles. The second-order valence-electron chi connectivity index (χ2n) is 6.34. The van der Waals surface area contributed by atoms with Crippen molar-refractivity contribution in [3.63, 3.8) is 0 Å². The quantitative estimate of drug-likeness (QED) is 0.802. The van der Waals surface area contributed by atoms with Crippen LogP contribution in [0.25, 0.3) is 0 Å². The molecule has 2 heteroatoms. The molecular weight excluding hydrogens is 246 g/mol. The highest BCUT2D eigenvalue weighted by atomic mass is 16.5. The summed E-state index contributed by atoms with van der Waals surface area (Å²) in [4.78, 5) is 0. The molecule has 1 fully saturated rings. The summed E-state index contributed by atoms with van der Waals surface area (Å²) >= 11 is 0. The van der Waals surface area contributed by atoms with Gasteiger partial charge in [0.1, 0.15) is 5.75 Å². The Kier molecular flexibility index (Phi) is 4.62. The van der Waals surface area contributed by atoms with Crippen LogP contribution in [0.2, 0.25) is 0 Å². The second kappa shape index (κ2) is 6.62. The summed E-state index contributed by atoms with van der Waals surface area (Å²) in [7, 11) is 0. The average Bonchev–Trinajstić information content (AvgIpc) is 3.29. The minimum Gasteiger partial charge on any atom is -0.494 e. The van der Waals surface area contributed by atoms with Gasteiger partial charge in [-0.1, -0.05) is 25.8 Å². The van der Waals surface area contributed by atoms with Gasteiger partial charge in [0, 0.05) is 6.04 Å². The molecule has 1 atom stereocenters. The molecule has 0 spiro atoms. The predicted molar refractivity (Wildman–Crippen MR) is 83.3 cm³/mol. The van der Waals surface area contributed by atoms with E-state index in [-0.39, 0.29) is 0 Å². The van der Waals surface area contributed by atoms with Crippen LogP contribution in [0.3, 0.4) is 0 Å². The molecule has 0 saturated heterocycles. The van der Waals surface area contributed by atoms with Crippen molar-refractivity contribution in [2.75, 3.05) is 13.2 Å². The zero-order valence-corrected chi connectivity index (χ0v) is 12.7. The van der Waals surface area contributed by atoms with E-state index < -0.39 is 0 Å². The number of rotatable bonds is 7. The maximum atomic E-state index is 5.95. The number of aryl methyl sites for hydroxylation is 1. The summed E-state index contributed by atoms with van der Waals surface area (Å²) in [6.45, 7) is 4.22. The average molecular weight is 273 g/mol. The van der Waals surface area contributed by atoms with Gasteiger partial charge in [-0.2, -0.15) is 0 Å². The van der Waals surface area contributed by atoms with E-state index in [1.807, 2.05) is 0 Å². The SMILES string of the molecule is CCCNC1CCCc2ccc(OCCC3CC3)cc21. The number of hydrogen-bond donors (Lipinski definition) is 1. The summed E-state index contributed by atoms with van der Waals surface area (Å²) in [6.07, 6.45) is 9.04. The van der Waals surface area contributed by atoms with E-state index in [0.717, 1.165) is 24.8 Å². The fourth-order valence-electron chi connectivity index (χ4n) is 3.15. The van der Waals surface area contributed by atoms with Crippen LogP contribution in [0.5, 0.6) is 5.75 Å². The van der Waals surface area contributed by atoms with Crippen LogP contribution in [0.15, 0.2) is 18.2 Å². The molecule has 1 N–H and O–H groups in total. The first-order chi connectivity index (χ1) is 9.86. The van der Waals surface area contributed by atoms with Crippen LogP contribution in [0, 0.1) is 5.92 Å². The van der Waals surface area contributed by atoms with Gasteiger partial charge in [0.05, 0.1) is 6.61 Å². The highest BCUT2D eigenvalue weighted by Gasteiger charge is 2.22. The summed E-state index contributed by atoms with van der Waals surface area (Å²) < 4.78 is 5.95. The van der Waals surface area contributed by atoms with Gasteiger partial charge in [-0.15, -0.1) is 0 Å². The van der Waals surface area contributed by atoms with Crippen molar-refractivity contribution < 1.29 is 4.74 Å². The van der Waals surface area contributed by atoms with Gasteiger partial charge in [-0.3, -0.25) is 0 Å². The molecule has 2 aliphatic carbocycles. The molecule has 0 heterocycles. The monoisotopic (exact) mass is 273 g/mol. The molecular formula is C18H27NO. The highest BCUT2D eigenvalue weighted by molar-refractivity contribution is 5.39. The van der Waals surface area contributed by atoms with Gasteiger partial charge in [0.2, 0.25) is 0 Å². The lowest BCUT2D eigenvalue weighted by atomic mass is 9.87.